The quantitative estimate of drug-likeness (QED) is 0.799. The lowest BCUT2D eigenvalue weighted by Crippen LogP contribution is -2.41. The van der Waals surface area contributed by atoms with Gasteiger partial charge in [0.2, 0.25) is 0 Å². The summed E-state index contributed by atoms with van der Waals surface area (Å²) >= 11 is 0. The minimum Gasteiger partial charge on any atom is -0.399 e. The topological polar surface area (TPSA) is 57.4 Å². The molecule has 0 radical (unpaired) electrons. The average molecular weight is 276 g/mol. The van der Waals surface area contributed by atoms with Crippen LogP contribution in [0.2, 0.25) is 0 Å². The molecule has 110 valence electrons. The van der Waals surface area contributed by atoms with Crippen LogP contribution in [0.5, 0.6) is 0 Å². The number of pyridine rings is 1. The molecule has 1 aromatic rings. The van der Waals surface area contributed by atoms with E-state index in [1.807, 2.05) is 33.8 Å². The largest absolute Gasteiger partial charge is 0.496 e. The number of aromatic nitrogens is 1. The van der Waals surface area contributed by atoms with Crippen LogP contribution in [0, 0.1) is 0 Å². The molecule has 5 heteroatoms. The molecule has 0 aromatic carbocycles. The zero-order chi connectivity index (χ0) is 15.3. The molecule has 20 heavy (non-hydrogen) atoms. The van der Waals surface area contributed by atoms with Gasteiger partial charge in [0, 0.05) is 11.7 Å². The molecule has 2 rings (SSSR count). The van der Waals surface area contributed by atoms with E-state index in [2.05, 4.69) is 25.8 Å². The van der Waals surface area contributed by atoms with E-state index in [0.717, 1.165) is 11.0 Å². The number of nitrogens with two attached hydrogens (primary N) is 1. The molecule has 1 saturated heterocycles. The Morgan fingerprint density at radius 3 is 2.05 bits per heavy atom. The number of hydrogen-bond donors (Lipinski definition) is 1. The lowest BCUT2D eigenvalue weighted by molar-refractivity contribution is 0.00578. The Balaban J connectivity index is 2.37. The van der Waals surface area contributed by atoms with Crippen LogP contribution in [0.4, 0.5) is 5.82 Å². The molecule has 1 aromatic heterocycles. The van der Waals surface area contributed by atoms with Gasteiger partial charge in [0.15, 0.2) is 0 Å². The minimum atomic E-state index is -0.394. The van der Waals surface area contributed by atoms with Gasteiger partial charge >= 0.3 is 7.12 Å². The Hall–Kier alpha value is -1.07. The summed E-state index contributed by atoms with van der Waals surface area (Å²) in [6, 6.07) is 2.05. The molecule has 0 unspecified atom stereocenters. The van der Waals surface area contributed by atoms with Crippen LogP contribution in [0.3, 0.4) is 0 Å². The van der Waals surface area contributed by atoms with Gasteiger partial charge in [-0.2, -0.15) is 0 Å². The standard InChI is InChI=1S/C15H25BN2O2/c1-13(2,3)11-8-10(9-18-12(11)17)16-19-14(4,5)15(6,7)20-16/h8-9H,1-7H3,(H2,17,18). The first kappa shape index (κ1) is 15.3. The summed E-state index contributed by atoms with van der Waals surface area (Å²) in [6.45, 7) is 14.5. The maximum atomic E-state index is 6.05. The van der Waals surface area contributed by atoms with Gasteiger partial charge in [0.05, 0.1) is 11.2 Å². The predicted octanol–water partition coefficient (Wildman–Crippen LogP) is 2.26. The van der Waals surface area contributed by atoms with Gasteiger partial charge in [-0.05, 0) is 38.7 Å². The van der Waals surface area contributed by atoms with Crippen molar-refractivity contribution < 1.29 is 9.31 Å². The molecule has 0 aliphatic carbocycles. The summed E-state index contributed by atoms with van der Waals surface area (Å²) in [6.07, 6.45) is 1.74. The molecular formula is C15H25BN2O2. The zero-order valence-corrected chi connectivity index (χ0v) is 13.6. The van der Waals surface area contributed by atoms with Crippen LogP contribution in [-0.4, -0.2) is 23.3 Å². The summed E-state index contributed by atoms with van der Waals surface area (Å²) in [7, 11) is -0.394. The van der Waals surface area contributed by atoms with Crippen molar-refractivity contribution in [2.24, 2.45) is 0 Å². The molecule has 0 atom stereocenters. The third kappa shape index (κ3) is 2.57. The highest BCUT2D eigenvalue weighted by atomic mass is 16.7. The van der Waals surface area contributed by atoms with Crippen LogP contribution in [0.1, 0.15) is 54.0 Å². The highest BCUT2D eigenvalue weighted by molar-refractivity contribution is 6.62. The molecule has 2 N–H and O–H groups in total. The molecule has 0 saturated carbocycles. The Morgan fingerprint density at radius 2 is 1.60 bits per heavy atom. The zero-order valence-electron chi connectivity index (χ0n) is 13.6. The van der Waals surface area contributed by atoms with Crippen LogP contribution in [0.15, 0.2) is 12.3 Å². The minimum absolute atomic E-state index is 0.0588. The third-order valence-corrected chi connectivity index (χ3v) is 4.27. The second-order valence-electron chi connectivity index (χ2n) is 7.54. The Morgan fingerprint density at radius 1 is 1.10 bits per heavy atom. The maximum absolute atomic E-state index is 6.05. The smallest absolute Gasteiger partial charge is 0.399 e. The van der Waals surface area contributed by atoms with Gasteiger partial charge in [0.1, 0.15) is 5.82 Å². The first-order valence-corrected chi connectivity index (χ1v) is 7.05. The second kappa shape index (κ2) is 4.47. The van der Waals surface area contributed by atoms with Crippen molar-refractivity contribution in [1.29, 1.82) is 0 Å². The molecule has 1 aliphatic rings. The monoisotopic (exact) mass is 276 g/mol. The summed E-state index contributed by atoms with van der Waals surface area (Å²) < 4.78 is 12.1. The number of rotatable bonds is 1. The number of hydrogen-bond acceptors (Lipinski definition) is 4. The molecule has 0 spiro atoms. The lowest BCUT2D eigenvalue weighted by atomic mass is 9.76. The SMILES string of the molecule is CC(C)(C)c1cc(B2OC(C)(C)C(C)(C)O2)cnc1N. The van der Waals surface area contributed by atoms with E-state index < -0.39 is 7.12 Å². The number of nitrogen functional groups attached to an aromatic ring is 1. The Labute approximate surface area is 122 Å². The molecular weight excluding hydrogens is 251 g/mol. The molecule has 0 amide bonds. The van der Waals surface area contributed by atoms with E-state index in [1.54, 1.807) is 6.20 Å². The van der Waals surface area contributed by atoms with Crippen molar-refractivity contribution in [2.75, 3.05) is 5.73 Å². The Kier molecular flexibility index (Phi) is 3.42. The summed E-state index contributed by atoms with van der Waals surface area (Å²) in [4.78, 5) is 4.30. The molecule has 1 fully saturated rings. The van der Waals surface area contributed by atoms with Crippen molar-refractivity contribution in [2.45, 2.75) is 65.1 Å². The number of anilines is 1. The second-order valence-corrected chi connectivity index (χ2v) is 7.54. The van der Waals surface area contributed by atoms with Gasteiger partial charge in [-0.3, -0.25) is 0 Å². The summed E-state index contributed by atoms with van der Waals surface area (Å²) in [5.41, 5.74) is 7.17. The fraction of sp³-hybridized carbons (Fsp3) is 0.667. The summed E-state index contributed by atoms with van der Waals surface area (Å²) in [5, 5.41) is 0. The highest BCUT2D eigenvalue weighted by Crippen LogP contribution is 2.36. The molecule has 2 heterocycles. The first-order chi connectivity index (χ1) is 8.94. The van der Waals surface area contributed by atoms with E-state index >= 15 is 0 Å². The van der Waals surface area contributed by atoms with E-state index in [4.69, 9.17) is 15.0 Å². The number of nitrogens with zero attached hydrogens (tertiary/aromatic N) is 1. The van der Waals surface area contributed by atoms with Crippen molar-refractivity contribution in [3.8, 4) is 0 Å². The highest BCUT2D eigenvalue weighted by Gasteiger charge is 2.52. The molecule has 0 bridgehead atoms. The van der Waals surface area contributed by atoms with Crippen molar-refractivity contribution in [3.05, 3.63) is 17.8 Å². The third-order valence-electron chi connectivity index (χ3n) is 4.27. The van der Waals surface area contributed by atoms with Crippen molar-refractivity contribution in [3.63, 3.8) is 0 Å². The van der Waals surface area contributed by atoms with E-state index in [1.165, 1.54) is 0 Å². The van der Waals surface area contributed by atoms with Crippen LogP contribution in [0.25, 0.3) is 0 Å². The fourth-order valence-corrected chi connectivity index (χ4v) is 2.20. The Bertz CT molecular complexity index is 505. The average Bonchev–Trinajstić information content (AvgIpc) is 2.47. The van der Waals surface area contributed by atoms with E-state index in [0.29, 0.717) is 5.82 Å². The van der Waals surface area contributed by atoms with E-state index in [9.17, 15) is 0 Å². The predicted molar refractivity (Wildman–Crippen MR) is 83.1 cm³/mol. The van der Waals surface area contributed by atoms with Crippen molar-refractivity contribution in [1.82, 2.24) is 4.98 Å². The maximum Gasteiger partial charge on any atom is 0.496 e. The molecule has 4 nitrogen and oxygen atoms in total. The first-order valence-electron chi connectivity index (χ1n) is 7.05. The van der Waals surface area contributed by atoms with Crippen LogP contribution in [-0.2, 0) is 14.7 Å². The van der Waals surface area contributed by atoms with Gasteiger partial charge in [-0.1, -0.05) is 26.8 Å². The fourth-order valence-electron chi connectivity index (χ4n) is 2.20. The van der Waals surface area contributed by atoms with Gasteiger partial charge in [-0.15, -0.1) is 0 Å². The van der Waals surface area contributed by atoms with E-state index in [-0.39, 0.29) is 16.6 Å². The van der Waals surface area contributed by atoms with Crippen LogP contribution < -0.4 is 11.2 Å². The molecule has 1 aliphatic heterocycles. The van der Waals surface area contributed by atoms with Gasteiger partial charge < -0.3 is 15.0 Å². The summed E-state index contributed by atoms with van der Waals surface area (Å²) in [5.74, 6) is 0.567. The normalized spacial score (nSPS) is 21.2. The van der Waals surface area contributed by atoms with Gasteiger partial charge in [-0.25, -0.2) is 4.98 Å². The van der Waals surface area contributed by atoms with Crippen LogP contribution >= 0.6 is 0 Å². The van der Waals surface area contributed by atoms with Crippen molar-refractivity contribution >= 4 is 18.4 Å². The van der Waals surface area contributed by atoms with Gasteiger partial charge in [0.25, 0.3) is 0 Å². The lowest BCUT2D eigenvalue weighted by Gasteiger charge is -2.32.